The summed E-state index contributed by atoms with van der Waals surface area (Å²) < 4.78 is 4.99. The molecular formula is C14H19NO6. The minimum atomic E-state index is -1.45. The lowest BCUT2D eigenvalue weighted by atomic mass is 9.97. The predicted octanol–water partition coefficient (Wildman–Crippen LogP) is -1.08. The molecule has 1 aliphatic rings. The number of aromatic hydroxyl groups is 1. The standard InChI is InChI=1S/C14H19NO6/c1-7-3-2-4-8(11(7)17)5-15-10-13(19)12(18)9(6-16)21-14(10)20/h2-5,9-10,12-14,16-20H,6H2,1H3/t9-,10-,12-,13-,14?/m1/s1. The lowest BCUT2D eigenvalue weighted by Crippen LogP contribution is -2.57. The molecule has 0 bridgehead atoms. The van der Waals surface area contributed by atoms with Crippen LogP contribution in [0.1, 0.15) is 11.1 Å². The number of aliphatic hydroxyl groups excluding tert-OH is 4. The van der Waals surface area contributed by atoms with Gasteiger partial charge in [-0.1, -0.05) is 12.1 Å². The zero-order valence-electron chi connectivity index (χ0n) is 11.5. The van der Waals surface area contributed by atoms with Crippen LogP contribution in [-0.4, -0.2) is 69.0 Å². The number of aryl methyl sites for hydroxylation is 1. The molecule has 0 amide bonds. The predicted molar refractivity (Wildman–Crippen MR) is 74.2 cm³/mol. The van der Waals surface area contributed by atoms with Crippen LogP contribution in [0, 0.1) is 6.92 Å². The van der Waals surface area contributed by atoms with Gasteiger partial charge in [0.05, 0.1) is 6.61 Å². The Morgan fingerprint density at radius 3 is 2.62 bits per heavy atom. The number of hydrogen-bond donors (Lipinski definition) is 5. The summed E-state index contributed by atoms with van der Waals surface area (Å²) in [5, 5.41) is 48.3. The van der Waals surface area contributed by atoms with Crippen molar-refractivity contribution in [2.24, 2.45) is 4.99 Å². The van der Waals surface area contributed by atoms with Gasteiger partial charge in [0, 0.05) is 11.8 Å². The van der Waals surface area contributed by atoms with Crippen LogP contribution >= 0.6 is 0 Å². The highest BCUT2D eigenvalue weighted by Gasteiger charge is 2.43. The number of rotatable bonds is 3. The molecule has 1 heterocycles. The topological polar surface area (TPSA) is 123 Å². The number of para-hydroxylation sites is 1. The summed E-state index contributed by atoms with van der Waals surface area (Å²) in [5.74, 6) is 0.0516. The van der Waals surface area contributed by atoms with E-state index in [1.165, 1.54) is 6.21 Å². The molecule has 0 saturated carbocycles. The largest absolute Gasteiger partial charge is 0.507 e. The first-order valence-corrected chi connectivity index (χ1v) is 6.58. The molecule has 0 radical (unpaired) electrons. The smallest absolute Gasteiger partial charge is 0.180 e. The summed E-state index contributed by atoms with van der Waals surface area (Å²) in [4.78, 5) is 3.98. The summed E-state index contributed by atoms with van der Waals surface area (Å²) >= 11 is 0. The quantitative estimate of drug-likeness (QED) is 0.452. The first-order valence-electron chi connectivity index (χ1n) is 6.58. The third-order valence-electron chi connectivity index (χ3n) is 3.52. The SMILES string of the molecule is Cc1cccc(C=N[C@H]2C(O)O[C@H](CO)[C@@H](O)[C@@H]2O)c1O. The van der Waals surface area contributed by atoms with Gasteiger partial charge in [-0.2, -0.15) is 0 Å². The zero-order chi connectivity index (χ0) is 15.6. The van der Waals surface area contributed by atoms with Gasteiger partial charge in [-0.3, -0.25) is 4.99 Å². The summed E-state index contributed by atoms with van der Waals surface area (Å²) in [6.45, 7) is 1.21. The highest BCUT2D eigenvalue weighted by molar-refractivity contribution is 5.84. The van der Waals surface area contributed by atoms with E-state index in [2.05, 4.69) is 4.99 Å². The number of phenols is 1. The third kappa shape index (κ3) is 3.22. The number of phenolic OH excluding ortho intramolecular Hbond substituents is 1. The van der Waals surface area contributed by atoms with Gasteiger partial charge in [0.25, 0.3) is 0 Å². The van der Waals surface area contributed by atoms with Crippen molar-refractivity contribution in [3.8, 4) is 5.75 Å². The molecule has 1 aromatic rings. The third-order valence-corrected chi connectivity index (χ3v) is 3.52. The first-order chi connectivity index (χ1) is 9.95. The molecule has 5 N–H and O–H groups in total. The van der Waals surface area contributed by atoms with Crippen LogP contribution in [0.25, 0.3) is 0 Å². The van der Waals surface area contributed by atoms with Crippen LogP contribution in [0.2, 0.25) is 0 Å². The van der Waals surface area contributed by atoms with E-state index < -0.39 is 37.3 Å². The van der Waals surface area contributed by atoms with E-state index in [0.717, 1.165) is 0 Å². The number of aliphatic hydroxyl groups is 4. The van der Waals surface area contributed by atoms with E-state index in [1.807, 2.05) is 0 Å². The first kappa shape index (κ1) is 15.9. The fraction of sp³-hybridized carbons (Fsp3) is 0.500. The lowest BCUT2D eigenvalue weighted by molar-refractivity contribution is -0.248. The van der Waals surface area contributed by atoms with Crippen LogP contribution in [0.3, 0.4) is 0 Å². The van der Waals surface area contributed by atoms with Gasteiger partial charge < -0.3 is 30.3 Å². The van der Waals surface area contributed by atoms with E-state index in [1.54, 1.807) is 25.1 Å². The highest BCUT2D eigenvalue weighted by Crippen LogP contribution is 2.24. The van der Waals surface area contributed by atoms with Crippen molar-refractivity contribution in [2.75, 3.05) is 6.61 Å². The molecule has 1 saturated heterocycles. The number of nitrogens with zero attached hydrogens (tertiary/aromatic N) is 1. The molecule has 0 spiro atoms. The summed E-state index contributed by atoms with van der Waals surface area (Å²) in [6, 6.07) is 3.98. The molecule has 1 unspecified atom stereocenters. The fourth-order valence-corrected chi connectivity index (χ4v) is 2.20. The van der Waals surface area contributed by atoms with Crippen molar-refractivity contribution >= 4 is 6.21 Å². The number of benzene rings is 1. The fourth-order valence-electron chi connectivity index (χ4n) is 2.20. The van der Waals surface area contributed by atoms with E-state index in [-0.39, 0.29) is 5.75 Å². The van der Waals surface area contributed by atoms with Crippen LogP contribution in [0.5, 0.6) is 5.75 Å². The Labute approximate surface area is 121 Å². The molecule has 21 heavy (non-hydrogen) atoms. The average molecular weight is 297 g/mol. The highest BCUT2D eigenvalue weighted by atomic mass is 16.6. The number of ether oxygens (including phenoxy) is 1. The Bertz CT molecular complexity index is 520. The van der Waals surface area contributed by atoms with Crippen molar-refractivity contribution in [1.29, 1.82) is 0 Å². The van der Waals surface area contributed by atoms with Gasteiger partial charge in [0.1, 0.15) is 30.1 Å². The van der Waals surface area contributed by atoms with Crippen LogP contribution in [0.15, 0.2) is 23.2 Å². The summed E-state index contributed by atoms with van der Waals surface area (Å²) in [7, 11) is 0. The van der Waals surface area contributed by atoms with Gasteiger partial charge in [-0.25, -0.2) is 0 Å². The second-order valence-corrected chi connectivity index (χ2v) is 5.01. The lowest BCUT2D eigenvalue weighted by Gasteiger charge is -2.38. The zero-order valence-corrected chi connectivity index (χ0v) is 11.5. The Kier molecular flexibility index (Phi) is 4.92. The Hall–Kier alpha value is -1.51. The summed E-state index contributed by atoms with van der Waals surface area (Å²) in [6.07, 6.45) is -3.95. The molecule has 0 aromatic heterocycles. The molecule has 1 aromatic carbocycles. The molecule has 1 aliphatic heterocycles. The molecule has 1 fully saturated rings. The average Bonchev–Trinajstić information content (AvgIpc) is 2.47. The Morgan fingerprint density at radius 1 is 1.24 bits per heavy atom. The van der Waals surface area contributed by atoms with Crippen molar-refractivity contribution in [1.82, 2.24) is 0 Å². The summed E-state index contributed by atoms with van der Waals surface area (Å²) in [5.41, 5.74) is 1.09. The monoisotopic (exact) mass is 297 g/mol. The van der Waals surface area contributed by atoms with Gasteiger partial charge in [-0.15, -0.1) is 0 Å². The van der Waals surface area contributed by atoms with Gasteiger partial charge in [0.15, 0.2) is 6.29 Å². The minimum absolute atomic E-state index is 0.0516. The van der Waals surface area contributed by atoms with Crippen molar-refractivity contribution in [2.45, 2.75) is 37.6 Å². The van der Waals surface area contributed by atoms with Crippen LogP contribution in [-0.2, 0) is 4.74 Å². The molecule has 5 atom stereocenters. The van der Waals surface area contributed by atoms with Gasteiger partial charge in [-0.05, 0) is 18.6 Å². The van der Waals surface area contributed by atoms with Crippen molar-refractivity contribution in [3.05, 3.63) is 29.3 Å². The maximum atomic E-state index is 9.93. The van der Waals surface area contributed by atoms with E-state index in [4.69, 9.17) is 9.84 Å². The molecule has 7 nitrogen and oxygen atoms in total. The van der Waals surface area contributed by atoms with E-state index in [0.29, 0.717) is 11.1 Å². The molecule has 2 rings (SSSR count). The molecule has 7 heteroatoms. The maximum absolute atomic E-state index is 9.93. The number of hydrogen-bond acceptors (Lipinski definition) is 7. The molecule has 0 aliphatic carbocycles. The Morgan fingerprint density at radius 2 is 1.95 bits per heavy atom. The molecule has 116 valence electrons. The normalized spacial score (nSPS) is 33.5. The van der Waals surface area contributed by atoms with Crippen molar-refractivity contribution in [3.63, 3.8) is 0 Å². The van der Waals surface area contributed by atoms with Crippen LogP contribution < -0.4 is 0 Å². The minimum Gasteiger partial charge on any atom is -0.507 e. The number of aliphatic imine (C=N–C) groups is 1. The van der Waals surface area contributed by atoms with E-state index in [9.17, 15) is 20.4 Å². The molecular weight excluding hydrogens is 278 g/mol. The second kappa shape index (κ2) is 6.50. The Balaban J connectivity index is 2.18. The van der Waals surface area contributed by atoms with E-state index >= 15 is 0 Å². The maximum Gasteiger partial charge on any atom is 0.180 e. The van der Waals surface area contributed by atoms with Gasteiger partial charge >= 0.3 is 0 Å². The van der Waals surface area contributed by atoms with Crippen LogP contribution in [0.4, 0.5) is 0 Å². The second-order valence-electron chi connectivity index (χ2n) is 5.01. The van der Waals surface area contributed by atoms with Gasteiger partial charge in [0.2, 0.25) is 0 Å². The van der Waals surface area contributed by atoms with Crippen molar-refractivity contribution < 1.29 is 30.3 Å².